The smallest absolute Gasteiger partial charge is 0.160 e. The summed E-state index contributed by atoms with van der Waals surface area (Å²) in [5.41, 5.74) is 1.93. The zero-order chi connectivity index (χ0) is 13.9. The summed E-state index contributed by atoms with van der Waals surface area (Å²) in [4.78, 5) is 0. The van der Waals surface area contributed by atoms with Gasteiger partial charge in [-0.05, 0) is 30.7 Å². The molecule has 102 valence electrons. The lowest BCUT2D eigenvalue weighted by molar-refractivity contribution is 0.541. The lowest BCUT2D eigenvalue weighted by Crippen LogP contribution is -2.20. The first-order chi connectivity index (χ1) is 9.75. The maximum Gasteiger partial charge on any atom is 0.160 e. The van der Waals surface area contributed by atoms with Gasteiger partial charge < -0.3 is 5.32 Å². The van der Waals surface area contributed by atoms with E-state index in [-0.39, 0.29) is 6.04 Å². The monoisotopic (exact) mass is 286 g/mol. The molecule has 0 amide bonds. The van der Waals surface area contributed by atoms with Crippen LogP contribution in [0, 0.1) is 0 Å². The van der Waals surface area contributed by atoms with Crippen molar-refractivity contribution in [2.24, 2.45) is 0 Å². The lowest BCUT2D eigenvalue weighted by atomic mass is 10.2. The van der Waals surface area contributed by atoms with Crippen molar-refractivity contribution in [3.05, 3.63) is 65.1 Å². The molecule has 20 heavy (non-hydrogen) atoms. The van der Waals surface area contributed by atoms with Crippen molar-refractivity contribution in [3.63, 3.8) is 0 Å². The molecule has 0 aliphatic rings. The Morgan fingerprint density at radius 2 is 1.95 bits per heavy atom. The van der Waals surface area contributed by atoms with Gasteiger partial charge in [0.1, 0.15) is 0 Å². The van der Waals surface area contributed by atoms with Gasteiger partial charge in [-0.3, -0.25) is 4.40 Å². The SMILES string of the molecule is C[C@@H](NCc1ccccc1Cl)c1nnc2ccccn12. The second kappa shape index (κ2) is 5.61. The average molecular weight is 287 g/mol. The van der Waals surface area contributed by atoms with E-state index in [1.54, 1.807) is 0 Å². The van der Waals surface area contributed by atoms with Crippen LogP contribution >= 0.6 is 11.6 Å². The molecule has 0 aliphatic heterocycles. The molecule has 4 nitrogen and oxygen atoms in total. The molecule has 1 atom stereocenters. The Kier molecular flexibility index (Phi) is 3.67. The second-order valence-corrected chi connectivity index (χ2v) is 5.09. The Labute approximate surface area is 122 Å². The number of hydrogen-bond donors (Lipinski definition) is 1. The summed E-state index contributed by atoms with van der Waals surface area (Å²) in [7, 11) is 0. The van der Waals surface area contributed by atoms with Gasteiger partial charge in [0, 0.05) is 17.8 Å². The molecule has 0 saturated carbocycles. The molecule has 5 heteroatoms. The van der Waals surface area contributed by atoms with Gasteiger partial charge in [0.2, 0.25) is 0 Å². The molecule has 2 aromatic heterocycles. The van der Waals surface area contributed by atoms with E-state index in [1.807, 2.05) is 53.1 Å². The molecule has 3 rings (SSSR count). The molecule has 1 aromatic carbocycles. The first-order valence-corrected chi connectivity index (χ1v) is 6.90. The van der Waals surface area contributed by atoms with E-state index >= 15 is 0 Å². The lowest BCUT2D eigenvalue weighted by Gasteiger charge is -2.13. The molecule has 0 spiro atoms. The van der Waals surface area contributed by atoms with E-state index in [1.165, 1.54) is 0 Å². The van der Waals surface area contributed by atoms with Gasteiger partial charge in [0.15, 0.2) is 11.5 Å². The molecule has 1 N–H and O–H groups in total. The van der Waals surface area contributed by atoms with Crippen LogP contribution in [0.25, 0.3) is 5.65 Å². The van der Waals surface area contributed by atoms with E-state index in [0.29, 0.717) is 6.54 Å². The number of fused-ring (bicyclic) bond motifs is 1. The number of rotatable bonds is 4. The van der Waals surface area contributed by atoms with Gasteiger partial charge in [-0.1, -0.05) is 35.9 Å². The van der Waals surface area contributed by atoms with Crippen molar-refractivity contribution in [2.75, 3.05) is 0 Å². The zero-order valence-corrected chi connectivity index (χ0v) is 11.9. The van der Waals surface area contributed by atoms with Gasteiger partial charge >= 0.3 is 0 Å². The third-order valence-electron chi connectivity index (χ3n) is 3.28. The van der Waals surface area contributed by atoms with Gasteiger partial charge in [-0.2, -0.15) is 0 Å². The molecule has 0 radical (unpaired) electrons. The molecule has 2 heterocycles. The minimum Gasteiger partial charge on any atom is -0.303 e. The van der Waals surface area contributed by atoms with E-state index < -0.39 is 0 Å². The van der Waals surface area contributed by atoms with E-state index in [2.05, 4.69) is 22.4 Å². The van der Waals surface area contributed by atoms with Gasteiger partial charge in [-0.25, -0.2) is 0 Å². The highest BCUT2D eigenvalue weighted by Gasteiger charge is 2.12. The summed E-state index contributed by atoms with van der Waals surface area (Å²) < 4.78 is 1.99. The van der Waals surface area contributed by atoms with Gasteiger partial charge in [-0.15, -0.1) is 10.2 Å². The number of halogens is 1. The van der Waals surface area contributed by atoms with Crippen molar-refractivity contribution in [2.45, 2.75) is 19.5 Å². The minimum atomic E-state index is 0.0867. The Balaban J connectivity index is 1.77. The topological polar surface area (TPSA) is 42.2 Å². The number of nitrogens with one attached hydrogen (secondary N) is 1. The predicted molar refractivity (Wildman–Crippen MR) is 79.7 cm³/mol. The number of pyridine rings is 1. The first kappa shape index (κ1) is 13.1. The highest BCUT2D eigenvalue weighted by atomic mass is 35.5. The van der Waals surface area contributed by atoms with Gasteiger partial charge in [0.25, 0.3) is 0 Å². The quantitative estimate of drug-likeness (QED) is 0.801. The summed E-state index contributed by atoms with van der Waals surface area (Å²) >= 11 is 6.15. The van der Waals surface area contributed by atoms with Crippen LogP contribution in [-0.2, 0) is 6.54 Å². The van der Waals surface area contributed by atoms with E-state index in [9.17, 15) is 0 Å². The highest BCUT2D eigenvalue weighted by molar-refractivity contribution is 6.31. The summed E-state index contributed by atoms with van der Waals surface area (Å²) in [6.07, 6.45) is 1.97. The van der Waals surface area contributed by atoms with Crippen LogP contribution in [0.5, 0.6) is 0 Å². The van der Waals surface area contributed by atoms with E-state index in [4.69, 9.17) is 11.6 Å². The fraction of sp³-hybridized carbons (Fsp3) is 0.200. The molecule has 0 aliphatic carbocycles. The first-order valence-electron chi connectivity index (χ1n) is 6.52. The van der Waals surface area contributed by atoms with Crippen molar-refractivity contribution < 1.29 is 0 Å². The highest BCUT2D eigenvalue weighted by Crippen LogP contribution is 2.17. The summed E-state index contributed by atoms with van der Waals surface area (Å²) in [5.74, 6) is 0.896. The molecule has 0 fully saturated rings. The Morgan fingerprint density at radius 3 is 2.80 bits per heavy atom. The standard InChI is InChI=1S/C15H15ClN4/c1-11(17-10-12-6-2-3-7-13(12)16)15-19-18-14-8-4-5-9-20(14)15/h2-9,11,17H,10H2,1H3/t11-/m1/s1. The predicted octanol–water partition coefficient (Wildman–Crippen LogP) is 3.23. The Hall–Kier alpha value is -1.91. The van der Waals surface area contributed by atoms with Crippen molar-refractivity contribution in [1.82, 2.24) is 19.9 Å². The summed E-state index contributed by atoms with van der Waals surface area (Å²) in [5, 5.41) is 12.6. The Bertz CT molecular complexity index is 722. The van der Waals surface area contributed by atoms with Crippen LogP contribution in [-0.4, -0.2) is 14.6 Å². The fourth-order valence-electron chi connectivity index (χ4n) is 2.15. The van der Waals surface area contributed by atoms with Crippen LogP contribution < -0.4 is 5.32 Å². The number of benzene rings is 1. The van der Waals surface area contributed by atoms with E-state index in [0.717, 1.165) is 22.1 Å². The largest absolute Gasteiger partial charge is 0.303 e. The second-order valence-electron chi connectivity index (χ2n) is 4.68. The fourth-order valence-corrected chi connectivity index (χ4v) is 2.35. The molecular weight excluding hydrogens is 272 g/mol. The summed E-state index contributed by atoms with van der Waals surface area (Å²) in [6, 6.07) is 13.8. The molecule has 0 saturated heterocycles. The van der Waals surface area contributed by atoms with Crippen LogP contribution in [0.4, 0.5) is 0 Å². The normalized spacial score (nSPS) is 12.7. The van der Waals surface area contributed by atoms with Crippen LogP contribution in [0.15, 0.2) is 48.7 Å². The van der Waals surface area contributed by atoms with Crippen LogP contribution in [0.3, 0.4) is 0 Å². The average Bonchev–Trinajstić information content (AvgIpc) is 2.90. The third kappa shape index (κ3) is 2.53. The number of nitrogens with zero attached hydrogens (tertiary/aromatic N) is 3. The number of aromatic nitrogens is 3. The third-order valence-corrected chi connectivity index (χ3v) is 3.65. The number of hydrogen-bond acceptors (Lipinski definition) is 3. The molecular formula is C15H15ClN4. The van der Waals surface area contributed by atoms with Crippen LogP contribution in [0.1, 0.15) is 24.4 Å². The Morgan fingerprint density at radius 1 is 1.15 bits per heavy atom. The molecule has 0 bridgehead atoms. The van der Waals surface area contributed by atoms with Crippen LogP contribution in [0.2, 0.25) is 5.02 Å². The van der Waals surface area contributed by atoms with Crippen molar-refractivity contribution in [3.8, 4) is 0 Å². The van der Waals surface area contributed by atoms with Crippen molar-refractivity contribution >= 4 is 17.2 Å². The molecule has 0 unspecified atom stereocenters. The minimum absolute atomic E-state index is 0.0867. The molecule has 3 aromatic rings. The maximum absolute atomic E-state index is 6.15. The van der Waals surface area contributed by atoms with Gasteiger partial charge in [0.05, 0.1) is 6.04 Å². The van der Waals surface area contributed by atoms with Crippen molar-refractivity contribution in [1.29, 1.82) is 0 Å². The zero-order valence-electron chi connectivity index (χ0n) is 11.1. The maximum atomic E-state index is 6.15. The summed E-state index contributed by atoms with van der Waals surface area (Å²) in [6.45, 7) is 2.77.